The summed E-state index contributed by atoms with van der Waals surface area (Å²) in [5, 5.41) is 10.6. The summed E-state index contributed by atoms with van der Waals surface area (Å²) in [5.41, 5.74) is 4.43. The van der Waals surface area contributed by atoms with Crippen molar-refractivity contribution in [3.05, 3.63) is 34.8 Å². The molecule has 1 heterocycles. The van der Waals surface area contributed by atoms with Gasteiger partial charge in [-0.1, -0.05) is 41.9 Å². The summed E-state index contributed by atoms with van der Waals surface area (Å²) in [5.74, 6) is 0.141. The molecule has 0 saturated carbocycles. The van der Waals surface area contributed by atoms with Gasteiger partial charge < -0.3 is 0 Å². The number of hydrogen-bond donors (Lipinski definition) is 2. The minimum atomic E-state index is -0.316. The second-order valence-electron chi connectivity index (χ2n) is 3.70. The summed E-state index contributed by atoms with van der Waals surface area (Å²) < 4.78 is 0.718. The van der Waals surface area contributed by atoms with Crippen molar-refractivity contribution in [2.75, 3.05) is 5.43 Å². The number of H-pyrrole nitrogens is 1. The molecule has 0 atom stereocenters. The number of carbonyl (C=O) groups excluding carboxylic acids is 1. The van der Waals surface area contributed by atoms with Gasteiger partial charge in [0.2, 0.25) is 0 Å². The molecule has 0 spiro atoms. The fourth-order valence-electron chi connectivity index (χ4n) is 1.38. The zero-order chi connectivity index (χ0) is 13.8. The molecular formula is C12H10BrClN4O. The molecule has 0 aliphatic carbocycles. The Morgan fingerprint density at radius 1 is 1.42 bits per heavy atom. The molecule has 2 aromatic rings. The maximum atomic E-state index is 10.9. The van der Waals surface area contributed by atoms with Gasteiger partial charge in [-0.2, -0.15) is 10.2 Å². The number of hydrogen-bond acceptors (Lipinski definition) is 4. The monoisotopic (exact) mass is 340 g/mol. The Hall–Kier alpha value is -1.66. The van der Waals surface area contributed by atoms with Crippen molar-refractivity contribution in [1.29, 1.82) is 0 Å². The van der Waals surface area contributed by atoms with E-state index in [1.54, 1.807) is 0 Å². The van der Waals surface area contributed by atoms with Crippen LogP contribution in [0.25, 0.3) is 11.3 Å². The molecule has 0 aliphatic heterocycles. The lowest BCUT2D eigenvalue weighted by Crippen LogP contribution is -2.04. The third-order valence-electron chi connectivity index (χ3n) is 2.32. The summed E-state index contributed by atoms with van der Waals surface area (Å²) in [6, 6.07) is 9.70. The van der Waals surface area contributed by atoms with Crippen LogP contribution < -0.4 is 5.43 Å². The molecule has 0 bridgehead atoms. The van der Waals surface area contributed by atoms with Gasteiger partial charge in [0.05, 0.1) is 10.2 Å². The topological polar surface area (TPSA) is 70.1 Å². The number of halogens is 2. The number of Topliss-reactive ketones (excluding diaryl/α,β-unsaturated/α-hetero) is 1. The van der Waals surface area contributed by atoms with Gasteiger partial charge in [-0.15, -0.1) is 0 Å². The first-order chi connectivity index (χ1) is 9.09. The van der Waals surface area contributed by atoms with E-state index in [1.165, 1.54) is 6.92 Å². The Bertz CT molecular complexity index is 624. The second kappa shape index (κ2) is 5.99. The lowest BCUT2D eigenvalue weighted by Gasteiger charge is -1.99. The van der Waals surface area contributed by atoms with Crippen molar-refractivity contribution in [3.8, 4) is 11.3 Å². The van der Waals surface area contributed by atoms with Gasteiger partial charge in [0.25, 0.3) is 0 Å². The number of ketones is 1. The number of rotatable bonds is 4. The number of carbonyl (C=O) groups is 1. The molecule has 1 aromatic heterocycles. The van der Waals surface area contributed by atoms with Gasteiger partial charge in [0, 0.05) is 12.5 Å². The highest BCUT2D eigenvalue weighted by Crippen LogP contribution is 2.31. The fourth-order valence-corrected chi connectivity index (χ4v) is 1.92. The SMILES string of the molecule is CC(=O)/C(Cl)=N/Nc1n[nH]c(-c2ccccc2)c1Br. The largest absolute Gasteiger partial charge is 0.292 e. The van der Waals surface area contributed by atoms with E-state index < -0.39 is 0 Å². The first-order valence-corrected chi connectivity index (χ1v) is 6.56. The molecule has 7 heteroatoms. The third-order valence-corrected chi connectivity index (χ3v) is 3.44. The molecule has 2 N–H and O–H groups in total. The molecule has 0 saturated heterocycles. The predicted octanol–water partition coefficient (Wildman–Crippen LogP) is 3.39. The van der Waals surface area contributed by atoms with Crippen molar-refractivity contribution in [2.24, 2.45) is 5.10 Å². The van der Waals surface area contributed by atoms with Crippen molar-refractivity contribution < 1.29 is 4.79 Å². The van der Waals surface area contributed by atoms with E-state index in [1.807, 2.05) is 30.3 Å². The number of nitrogens with one attached hydrogen (secondary N) is 2. The molecule has 0 unspecified atom stereocenters. The van der Waals surface area contributed by atoms with Crippen molar-refractivity contribution in [2.45, 2.75) is 6.92 Å². The van der Waals surface area contributed by atoms with Crippen molar-refractivity contribution in [3.63, 3.8) is 0 Å². The van der Waals surface area contributed by atoms with Crippen LogP contribution in [-0.4, -0.2) is 21.2 Å². The van der Waals surface area contributed by atoms with Crippen LogP contribution in [0.5, 0.6) is 0 Å². The number of aromatic amines is 1. The number of aromatic nitrogens is 2. The quantitative estimate of drug-likeness (QED) is 0.661. The van der Waals surface area contributed by atoms with Crippen LogP contribution in [0.2, 0.25) is 0 Å². The van der Waals surface area contributed by atoms with E-state index in [-0.39, 0.29) is 11.0 Å². The van der Waals surface area contributed by atoms with Crippen LogP contribution in [0, 0.1) is 0 Å². The number of anilines is 1. The summed E-state index contributed by atoms with van der Waals surface area (Å²) >= 11 is 9.05. The molecule has 0 amide bonds. The van der Waals surface area contributed by atoms with E-state index in [4.69, 9.17) is 11.6 Å². The Morgan fingerprint density at radius 3 is 2.74 bits per heavy atom. The van der Waals surface area contributed by atoms with E-state index in [0.717, 1.165) is 15.7 Å². The van der Waals surface area contributed by atoms with Crippen LogP contribution in [-0.2, 0) is 4.79 Å². The Kier molecular flexibility index (Phi) is 4.34. The summed E-state index contributed by atoms with van der Waals surface area (Å²) in [6.07, 6.45) is 0. The van der Waals surface area contributed by atoms with E-state index in [2.05, 4.69) is 36.7 Å². The standard InChI is InChI=1S/C12H10BrClN4O/c1-7(19)11(14)16-18-12-9(13)10(15-17-12)8-5-3-2-4-6-8/h2-6H,1H3,(H2,15,17,18)/b16-11-. The van der Waals surface area contributed by atoms with Crippen LogP contribution in [0.15, 0.2) is 39.9 Å². The molecule has 0 radical (unpaired) electrons. The maximum absolute atomic E-state index is 10.9. The lowest BCUT2D eigenvalue weighted by atomic mass is 10.2. The fraction of sp³-hybridized carbons (Fsp3) is 0.0833. The van der Waals surface area contributed by atoms with Crippen LogP contribution in [0.3, 0.4) is 0 Å². The van der Waals surface area contributed by atoms with Gasteiger partial charge in [-0.3, -0.25) is 15.3 Å². The minimum Gasteiger partial charge on any atom is -0.292 e. The van der Waals surface area contributed by atoms with Crippen LogP contribution in [0.1, 0.15) is 6.92 Å². The first-order valence-electron chi connectivity index (χ1n) is 5.39. The molecule has 5 nitrogen and oxygen atoms in total. The molecule has 19 heavy (non-hydrogen) atoms. The van der Waals surface area contributed by atoms with Gasteiger partial charge in [0.1, 0.15) is 0 Å². The highest BCUT2D eigenvalue weighted by molar-refractivity contribution is 9.10. The van der Waals surface area contributed by atoms with Gasteiger partial charge in [-0.05, 0) is 15.9 Å². The highest BCUT2D eigenvalue weighted by Gasteiger charge is 2.12. The Balaban J connectivity index is 2.25. The average molecular weight is 342 g/mol. The second-order valence-corrected chi connectivity index (χ2v) is 4.85. The number of benzene rings is 1. The molecular weight excluding hydrogens is 332 g/mol. The maximum Gasteiger partial charge on any atom is 0.192 e. The van der Waals surface area contributed by atoms with E-state index in [9.17, 15) is 4.79 Å². The molecule has 1 aromatic carbocycles. The molecule has 98 valence electrons. The average Bonchev–Trinajstić information content (AvgIpc) is 2.78. The smallest absolute Gasteiger partial charge is 0.192 e. The minimum absolute atomic E-state index is 0.129. The molecule has 0 aliphatic rings. The summed E-state index contributed by atoms with van der Waals surface area (Å²) in [7, 11) is 0. The number of hydrazone groups is 1. The van der Waals surface area contributed by atoms with E-state index in [0.29, 0.717) is 5.82 Å². The van der Waals surface area contributed by atoms with Crippen molar-refractivity contribution in [1.82, 2.24) is 10.2 Å². The zero-order valence-electron chi connectivity index (χ0n) is 9.95. The van der Waals surface area contributed by atoms with E-state index >= 15 is 0 Å². The highest BCUT2D eigenvalue weighted by atomic mass is 79.9. The molecule has 0 fully saturated rings. The molecule has 2 rings (SSSR count). The van der Waals surface area contributed by atoms with Crippen LogP contribution >= 0.6 is 27.5 Å². The predicted molar refractivity (Wildman–Crippen MR) is 79.3 cm³/mol. The summed E-state index contributed by atoms with van der Waals surface area (Å²) in [6.45, 7) is 1.34. The van der Waals surface area contributed by atoms with Crippen LogP contribution in [0.4, 0.5) is 5.82 Å². The van der Waals surface area contributed by atoms with Crippen molar-refractivity contribution >= 4 is 44.3 Å². The lowest BCUT2D eigenvalue weighted by molar-refractivity contribution is -0.110. The first kappa shape index (κ1) is 13.8. The van der Waals surface area contributed by atoms with Gasteiger partial charge in [0.15, 0.2) is 16.8 Å². The zero-order valence-corrected chi connectivity index (χ0v) is 12.3. The summed E-state index contributed by atoms with van der Waals surface area (Å²) in [4.78, 5) is 10.9. The number of nitrogens with zero attached hydrogens (tertiary/aromatic N) is 2. The van der Waals surface area contributed by atoms with Gasteiger partial charge >= 0.3 is 0 Å². The van der Waals surface area contributed by atoms with Gasteiger partial charge in [-0.25, -0.2) is 0 Å². The Labute approximate surface area is 123 Å². The normalized spacial score (nSPS) is 11.4. The Morgan fingerprint density at radius 2 is 2.11 bits per heavy atom. The third kappa shape index (κ3) is 3.21.